The van der Waals surface area contributed by atoms with Gasteiger partial charge in [-0.15, -0.1) is 0 Å². The van der Waals surface area contributed by atoms with Gasteiger partial charge in [-0.3, -0.25) is 0 Å². The summed E-state index contributed by atoms with van der Waals surface area (Å²) in [6.45, 7) is 1.18. The first-order valence-corrected chi connectivity index (χ1v) is 4.68. The van der Waals surface area contributed by atoms with Crippen LogP contribution in [0, 0.1) is 0 Å². The Morgan fingerprint density at radius 1 is 1.27 bits per heavy atom. The molecule has 0 heterocycles. The molecular weight excluding hydrogens is 196 g/mol. The molecule has 1 rings (SSSR count). The summed E-state index contributed by atoms with van der Waals surface area (Å²) in [6.07, 6.45) is 0. The molecule has 0 saturated heterocycles. The number of rotatable bonds is 5. The van der Waals surface area contributed by atoms with E-state index in [1.54, 1.807) is 19.2 Å². The molecule has 2 N–H and O–H groups in total. The molecule has 0 spiro atoms. The highest BCUT2D eigenvalue weighted by atomic mass is 16.5. The van der Waals surface area contributed by atoms with Gasteiger partial charge in [-0.1, -0.05) is 12.1 Å². The molecule has 0 bridgehead atoms. The van der Waals surface area contributed by atoms with E-state index in [0.717, 1.165) is 0 Å². The van der Waals surface area contributed by atoms with E-state index in [2.05, 4.69) is 0 Å². The van der Waals surface area contributed by atoms with Crippen molar-refractivity contribution < 1.29 is 19.7 Å². The number of methoxy groups -OCH3 is 1. The predicted octanol–water partition coefficient (Wildman–Crippen LogP) is 0.817. The first kappa shape index (κ1) is 11.8. The lowest BCUT2D eigenvalue weighted by Crippen LogP contribution is -2.36. The number of ether oxygens (including phenoxy) is 2. The summed E-state index contributed by atoms with van der Waals surface area (Å²) in [4.78, 5) is 0. The van der Waals surface area contributed by atoms with Gasteiger partial charge in [0.2, 0.25) is 0 Å². The minimum Gasteiger partial charge on any atom is -0.493 e. The van der Waals surface area contributed by atoms with Crippen LogP contribution in [0.3, 0.4) is 0 Å². The van der Waals surface area contributed by atoms with Crippen molar-refractivity contribution >= 4 is 0 Å². The molecule has 0 saturated carbocycles. The number of hydrogen-bond donors (Lipinski definition) is 2. The molecule has 84 valence electrons. The average molecular weight is 212 g/mol. The number of aliphatic hydroxyl groups is 2. The Balaban J connectivity index is 2.65. The molecule has 0 aliphatic heterocycles. The Morgan fingerprint density at radius 3 is 2.40 bits per heavy atom. The Morgan fingerprint density at radius 2 is 1.87 bits per heavy atom. The van der Waals surface area contributed by atoms with Crippen molar-refractivity contribution in [2.75, 3.05) is 20.3 Å². The molecule has 15 heavy (non-hydrogen) atoms. The number of aliphatic hydroxyl groups excluding tert-OH is 1. The Bertz CT molecular complexity index is 309. The molecule has 1 atom stereocenters. The van der Waals surface area contributed by atoms with E-state index >= 15 is 0 Å². The summed E-state index contributed by atoms with van der Waals surface area (Å²) in [5.41, 5.74) is -1.24. The maximum Gasteiger partial charge on any atom is 0.161 e. The van der Waals surface area contributed by atoms with Crippen LogP contribution in [-0.2, 0) is 0 Å². The van der Waals surface area contributed by atoms with Crippen LogP contribution < -0.4 is 9.47 Å². The summed E-state index contributed by atoms with van der Waals surface area (Å²) in [6, 6.07) is 7.15. The van der Waals surface area contributed by atoms with Gasteiger partial charge in [-0.2, -0.15) is 0 Å². The van der Waals surface area contributed by atoms with E-state index in [0.29, 0.717) is 11.5 Å². The summed E-state index contributed by atoms with van der Waals surface area (Å²) in [5.74, 6) is 1.15. The molecule has 1 aromatic rings. The molecule has 4 heteroatoms. The summed E-state index contributed by atoms with van der Waals surface area (Å²) in [5, 5.41) is 18.4. The van der Waals surface area contributed by atoms with Crippen LogP contribution in [0.1, 0.15) is 6.92 Å². The van der Waals surface area contributed by atoms with E-state index in [-0.39, 0.29) is 13.2 Å². The zero-order chi connectivity index (χ0) is 11.3. The monoisotopic (exact) mass is 212 g/mol. The number of hydrogen-bond acceptors (Lipinski definition) is 4. The van der Waals surface area contributed by atoms with Crippen LogP contribution in [0.25, 0.3) is 0 Å². The second-order valence-corrected chi connectivity index (χ2v) is 3.59. The van der Waals surface area contributed by atoms with Crippen LogP contribution in [-0.4, -0.2) is 36.1 Å². The average Bonchev–Trinajstić information content (AvgIpc) is 2.27. The van der Waals surface area contributed by atoms with E-state index in [1.807, 2.05) is 12.1 Å². The topological polar surface area (TPSA) is 58.9 Å². The molecule has 4 nitrogen and oxygen atoms in total. The zero-order valence-electron chi connectivity index (χ0n) is 8.93. The van der Waals surface area contributed by atoms with Crippen LogP contribution in [0.5, 0.6) is 11.5 Å². The zero-order valence-corrected chi connectivity index (χ0v) is 8.93. The predicted molar refractivity (Wildman–Crippen MR) is 56.2 cm³/mol. The molecule has 0 fully saturated rings. The lowest BCUT2D eigenvalue weighted by Gasteiger charge is -2.21. The van der Waals surface area contributed by atoms with Gasteiger partial charge < -0.3 is 19.7 Å². The summed E-state index contributed by atoms with van der Waals surface area (Å²) >= 11 is 0. The normalized spacial score (nSPS) is 14.4. The molecule has 0 aromatic heterocycles. The molecular formula is C11H16O4. The summed E-state index contributed by atoms with van der Waals surface area (Å²) < 4.78 is 10.4. The Labute approximate surface area is 89.1 Å². The van der Waals surface area contributed by atoms with Crippen molar-refractivity contribution in [3.8, 4) is 11.5 Å². The number of para-hydroxylation sites is 2. The highest BCUT2D eigenvalue weighted by Gasteiger charge is 2.20. The highest BCUT2D eigenvalue weighted by Crippen LogP contribution is 2.26. The maximum absolute atomic E-state index is 9.53. The van der Waals surface area contributed by atoms with E-state index in [9.17, 15) is 5.11 Å². The smallest absolute Gasteiger partial charge is 0.161 e. The van der Waals surface area contributed by atoms with Crippen molar-refractivity contribution in [1.82, 2.24) is 0 Å². The largest absolute Gasteiger partial charge is 0.493 e. The van der Waals surface area contributed by atoms with Gasteiger partial charge in [0.05, 0.1) is 13.7 Å². The van der Waals surface area contributed by atoms with Crippen LogP contribution >= 0.6 is 0 Å². The second kappa shape index (κ2) is 5.00. The minimum atomic E-state index is -1.24. The van der Waals surface area contributed by atoms with Gasteiger partial charge in [0, 0.05) is 0 Å². The maximum atomic E-state index is 9.53. The Hall–Kier alpha value is -1.26. The van der Waals surface area contributed by atoms with E-state index in [1.165, 1.54) is 6.92 Å². The lowest BCUT2D eigenvalue weighted by molar-refractivity contribution is -0.0329. The minimum absolute atomic E-state index is 0.0177. The third-order valence-corrected chi connectivity index (χ3v) is 1.95. The summed E-state index contributed by atoms with van der Waals surface area (Å²) in [7, 11) is 1.55. The first-order valence-electron chi connectivity index (χ1n) is 4.68. The Kier molecular flexibility index (Phi) is 3.94. The standard InChI is InChI=1S/C11H16O4/c1-11(13,7-12)8-15-10-6-4-3-5-9(10)14-2/h3-6,12-13H,7-8H2,1-2H3. The van der Waals surface area contributed by atoms with Crippen LogP contribution in [0.4, 0.5) is 0 Å². The van der Waals surface area contributed by atoms with Gasteiger partial charge in [0.1, 0.15) is 12.2 Å². The third kappa shape index (κ3) is 3.42. The van der Waals surface area contributed by atoms with Crippen molar-refractivity contribution in [3.63, 3.8) is 0 Å². The fourth-order valence-corrected chi connectivity index (χ4v) is 1.02. The SMILES string of the molecule is COc1ccccc1OCC(C)(O)CO. The molecule has 0 amide bonds. The second-order valence-electron chi connectivity index (χ2n) is 3.59. The lowest BCUT2D eigenvalue weighted by atomic mass is 10.1. The molecule has 0 radical (unpaired) electrons. The van der Waals surface area contributed by atoms with Gasteiger partial charge >= 0.3 is 0 Å². The van der Waals surface area contributed by atoms with Crippen LogP contribution in [0.15, 0.2) is 24.3 Å². The molecule has 0 aliphatic carbocycles. The van der Waals surface area contributed by atoms with E-state index in [4.69, 9.17) is 14.6 Å². The van der Waals surface area contributed by atoms with Crippen molar-refractivity contribution in [3.05, 3.63) is 24.3 Å². The fraction of sp³-hybridized carbons (Fsp3) is 0.455. The van der Waals surface area contributed by atoms with Gasteiger partial charge in [-0.05, 0) is 19.1 Å². The molecule has 0 aliphatic rings. The van der Waals surface area contributed by atoms with Crippen molar-refractivity contribution in [2.45, 2.75) is 12.5 Å². The van der Waals surface area contributed by atoms with Gasteiger partial charge in [-0.25, -0.2) is 0 Å². The first-order chi connectivity index (χ1) is 7.09. The van der Waals surface area contributed by atoms with Crippen LogP contribution in [0.2, 0.25) is 0 Å². The van der Waals surface area contributed by atoms with Crippen molar-refractivity contribution in [2.24, 2.45) is 0 Å². The van der Waals surface area contributed by atoms with Gasteiger partial charge in [0.15, 0.2) is 11.5 Å². The van der Waals surface area contributed by atoms with Gasteiger partial charge in [0.25, 0.3) is 0 Å². The molecule has 1 unspecified atom stereocenters. The quantitative estimate of drug-likeness (QED) is 0.758. The molecule has 1 aromatic carbocycles. The number of benzene rings is 1. The third-order valence-electron chi connectivity index (χ3n) is 1.95. The van der Waals surface area contributed by atoms with E-state index < -0.39 is 5.60 Å². The van der Waals surface area contributed by atoms with Crippen molar-refractivity contribution in [1.29, 1.82) is 0 Å². The fourth-order valence-electron chi connectivity index (χ4n) is 1.02. The highest BCUT2D eigenvalue weighted by molar-refractivity contribution is 5.39.